The molecule has 0 bridgehead atoms. The highest BCUT2D eigenvalue weighted by Gasteiger charge is 2.23. The number of aromatic nitrogens is 3. The Morgan fingerprint density at radius 3 is 2.75 bits per heavy atom. The molecule has 0 fully saturated rings. The fourth-order valence-corrected chi connectivity index (χ4v) is 2.17. The van der Waals surface area contributed by atoms with Crippen LogP contribution >= 0.6 is 22.9 Å². The van der Waals surface area contributed by atoms with Gasteiger partial charge in [-0.1, -0.05) is 11.6 Å². The van der Waals surface area contributed by atoms with Gasteiger partial charge in [0, 0.05) is 17.6 Å². The minimum Gasteiger partial charge on any atom is -0.359 e. The predicted octanol–water partition coefficient (Wildman–Crippen LogP) is 2.93. The van der Waals surface area contributed by atoms with Crippen LogP contribution in [0.2, 0.25) is 5.15 Å². The summed E-state index contributed by atoms with van der Waals surface area (Å²) in [6.45, 7) is 4.09. The Morgan fingerprint density at radius 1 is 1.31 bits per heavy atom. The van der Waals surface area contributed by atoms with E-state index in [0.29, 0.717) is 11.0 Å². The number of halogens is 1. The van der Waals surface area contributed by atoms with Gasteiger partial charge in [0.25, 0.3) is 0 Å². The molecular weight excluding hydrogens is 244 g/mol. The molecular formula is C10H11ClN4S. The summed E-state index contributed by atoms with van der Waals surface area (Å²) in [5.41, 5.74) is -0.272. The largest absolute Gasteiger partial charge is 0.359 e. The number of nitrogens with zero attached hydrogens (tertiary/aromatic N) is 3. The topological polar surface area (TPSA) is 50.7 Å². The first-order chi connectivity index (χ1) is 7.58. The van der Waals surface area contributed by atoms with Crippen LogP contribution in [0.1, 0.15) is 18.9 Å². The Kier molecular flexibility index (Phi) is 3.07. The highest BCUT2D eigenvalue weighted by Crippen LogP contribution is 2.26. The molecule has 2 aromatic rings. The smallest absolute Gasteiger partial charge is 0.134 e. The standard InChI is InChI=1S/C10H11ClN4S/c1-10(2,9-12-3-4-16-9)15-8-5-7(11)13-6-14-8/h3-6H,1-2H3,(H,13,14,15). The van der Waals surface area contributed by atoms with Crippen molar-refractivity contribution in [2.24, 2.45) is 0 Å². The van der Waals surface area contributed by atoms with E-state index in [2.05, 4.69) is 20.3 Å². The van der Waals surface area contributed by atoms with Crippen molar-refractivity contribution >= 4 is 28.8 Å². The lowest BCUT2D eigenvalue weighted by atomic mass is 10.1. The van der Waals surface area contributed by atoms with Gasteiger partial charge in [-0.3, -0.25) is 0 Å². The summed E-state index contributed by atoms with van der Waals surface area (Å²) in [4.78, 5) is 12.2. The fourth-order valence-electron chi connectivity index (χ4n) is 1.31. The molecule has 4 nitrogen and oxygen atoms in total. The van der Waals surface area contributed by atoms with Crippen LogP contribution in [0.5, 0.6) is 0 Å². The third-order valence-electron chi connectivity index (χ3n) is 2.04. The van der Waals surface area contributed by atoms with E-state index < -0.39 is 0 Å². The van der Waals surface area contributed by atoms with Crippen molar-refractivity contribution in [2.45, 2.75) is 19.4 Å². The van der Waals surface area contributed by atoms with Crippen LogP contribution in [-0.2, 0) is 5.54 Å². The van der Waals surface area contributed by atoms with Crippen molar-refractivity contribution in [1.29, 1.82) is 0 Å². The lowest BCUT2D eigenvalue weighted by Crippen LogP contribution is -2.28. The molecule has 0 saturated heterocycles. The summed E-state index contributed by atoms with van der Waals surface area (Å²) in [6, 6.07) is 1.69. The summed E-state index contributed by atoms with van der Waals surface area (Å²) < 4.78 is 0. The number of hydrogen-bond acceptors (Lipinski definition) is 5. The van der Waals surface area contributed by atoms with E-state index in [9.17, 15) is 0 Å². The Bertz CT molecular complexity index is 469. The summed E-state index contributed by atoms with van der Waals surface area (Å²) in [5.74, 6) is 0.695. The van der Waals surface area contributed by atoms with Crippen LogP contribution in [0, 0.1) is 0 Å². The number of rotatable bonds is 3. The second kappa shape index (κ2) is 4.35. The van der Waals surface area contributed by atoms with Gasteiger partial charge in [0.1, 0.15) is 22.3 Å². The Balaban J connectivity index is 2.21. The Labute approximate surface area is 103 Å². The molecule has 2 rings (SSSR count). The fraction of sp³-hybridized carbons (Fsp3) is 0.300. The van der Waals surface area contributed by atoms with Crippen LogP contribution in [0.3, 0.4) is 0 Å². The summed E-state index contributed by atoms with van der Waals surface area (Å²) >= 11 is 7.40. The zero-order valence-corrected chi connectivity index (χ0v) is 10.5. The molecule has 0 unspecified atom stereocenters. The molecule has 0 radical (unpaired) electrons. The van der Waals surface area contributed by atoms with Gasteiger partial charge in [0.2, 0.25) is 0 Å². The maximum absolute atomic E-state index is 5.79. The molecule has 0 spiro atoms. The Hall–Kier alpha value is -1.20. The summed E-state index contributed by atoms with van der Waals surface area (Å²) in [6.07, 6.45) is 3.22. The van der Waals surface area contributed by atoms with Gasteiger partial charge in [0.15, 0.2) is 0 Å². The van der Waals surface area contributed by atoms with Gasteiger partial charge in [-0.15, -0.1) is 11.3 Å². The Morgan fingerprint density at radius 2 is 2.12 bits per heavy atom. The van der Waals surface area contributed by atoms with E-state index in [1.54, 1.807) is 23.6 Å². The van der Waals surface area contributed by atoms with Crippen LogP contribution < -0.4 is 5.32 Å². The molecule has 0 aliphatic heterocycles. The van der Waals surface area contributed by atoms with Crippen molar-refractivity contribution in [3.63, 3.8) is 0 Å². The summed E-state index contributed by atoms with van der Waals surface area (Å²) in [5, 5.41) is 6.65. The zero-order chi connectivity index (χ0) is 11.6. The molecule has 0 aromatic carbocycles. The van der Waals surface area contributed by atoms with Crippen molar-refractivity contribution in [1.82, 2.24) is 15.0 Å². The van der Waals surface area contributed by atoms with Crippen LogP contribution in [0.25, 0.3) is 0 Å². The third kappa shape index (κ3) is 2.48. The molecule has 16 heavy (non-hydrogen) atoms. The highest BCUT2D eigenvalue weighted by molar-refractivity contribution is 7.09. The molecule has 6 heteroatoms. The minimum absolute atomic E-state index is 0.272. The number of nitrogens with one attached hydrogen (secondary N) is 1. The zero-order valence-electron chi connectivity index (χ0n) is 8.94. The van der Waals surface area contributed by atoms with E-state index >= 15 is 0 Å². The van der Waals surface area contributed by atoms with Gasteiger partial charge < -0.3 is 5.32 Å². The van der Waals surface area contributed by atoms with E-state index in [1.807, 2.05) is 19.2 Å². The normalized spacial score (nSPS) is 11.4. The number of anilines is 1. The van der Waals surface area contributed by atoms with Gasteiger partial charge in [-0.25, -0.2) is 15.0 Å². The maximum Gasteiger partial charge on any atom is 0.134 e. The average Bonchev–Trinajstić information content (AvgIpc) is 2.69. The van der Waals surface area contributed by atoms with Crippen molar-refractivity contribution in [3.8, 4) is 0 Å². The molecule has 2 aromatic heterocycles. The van der Waals surface area contributed by atoms with E-state index in [-0.39, 0.29) is 5.54 Å². The average molecular weight is 255 g/mol. The van der Waals surface area contributed by atoms with E-state index in [0.717, 1.165) is 5.01 Å². The van der Waals surface area contributed by atoms with Gasteiger partial charge in [-0.2, -0.15) is 0 Å². The third-order valence-corrected chi connectivity index (χ3v) is 3.34. The van der Waals surface area contributed by atoms with Crippen LogP contribution in [0.15, 0.2) is 24.0 Å². The van der Waals surface area contributed by atoms with E-state index in [1.165, 1.54) is 6.33 Å². The monoisotopic (exact) mass is 254 g/mol. The molecule has 0 amide bonds. The minimum atomic E-state index is -0.272. The molecule has 0 atom stereocenters. The quantitative estimate of drug-likeness (QED) is 0.856. The van der Waals surface area contributed by atoms with Gasteiger partial charge in [-0.05, 0) is 13.8 Å². The lowest BCUT2D eigenvalue weighted by molar-refractivity contribution is 0.600. The number of hydrogen-bond donors (Lipinski definition) is 1. The van der Waals surface area contributed by atoms with Crippen molar-refractivity contribution < 1.29 is 0 Å². The predicted molar refractivity (Wildman–Crippen MR) is 65.8 cm³/mol. The SMILES string of the molecule is CC(C)(Nc1cc(Cl)ncn1)c1nccs1. The molecule has 0 aliphatic carbocycles. The second-order valence-corrected chi connectivity index (χ2v) is 5.10. The highest BCUT2D eigenvalue weighted by atomic mass is 35.5. The van der Waals surface area contributed by atoms with E-state index in [4.69, 9.17) is 11.6 Å². The van der Waals surface area contributed by atoms with Crippen molar-refractivity contribution in [3.05, 3.63) is 34.1 Å². The molecule has 0 saturated carbocycles. The van der Waals surface area contributed by atoms with Crippen molar-refractivity contribution in [2.75, 3.05) is 5.32 Å². The van der Waals surface area contributed by atoms with Crippen LogP contribution in [-0.4, -0.2) is 15.0 Å². The maximum atomic E-state index is 5.79. The first-order valence-corrected chi connectivity index (χ1v) is 5.99. The number of thiazole rings is 1. The first-order valence-electron chi connectivity index (χ1n) is 4.73. The van der Waals surface area contributed by atoms with Gasteiger partial charge >= 0.3 is 0 Å². The lowest BCUT2D eigenvalue weighted by Gasteiger charge is -2.24. The summed E-state index contributed by atoms with van der Waals surface area (Å²) in [7, 11) is 0. The molecule has 84 valence electrons. The molecule has 0 aliphatic rings. The van der Waals surface area contributed by atoms with Crippen LogP contribution in [0.4, 0.5) is 5.82 Å². The second-order valence-electron chi connectivity index (χ2n) is 3.81. The molecule has 2 heterocycles. The van der Waals surface area contributed by atoms with Gasteiger partial charge in [0.05, 0.1) is 5.54 Å². The molecule has 1 N–H and O–H groups in total. The first kappa shape index (κ1) is 11.3.